The third-order valence-electron chi connectivity index (χ3n) is 4.57. The smallest absolute Gasteiger partial charge is 0.293 e. The molecule has 0 spiro atoms. The Bertz CT molecular complexity index is 961. The van der Waals surface area contributed by atoms with E-state index in [4.69, 9.17) is 0 Å². The molecule has 31 heavy (non-hydrogen) atoms. The van der Waals surface area contributed by atoms with Gasteiger partial charge in [0.1, 0.15) is 5.69 Å². The lowest BCUT2D eigenvalue weighted by molar-refractivity contribution is -0.384. The number of carbonyl (C=O) groups excluding carboxylic acids is 2. The quantitative estimate of drug-likeness (QED) is 0.351. The number of anilines is 2. The monoisotopic (exact) mass is 441 g/mol. The van der Waals surface area contributed by atoms with Crippen LogP contribution in [-0.2, 0) is 9.59 Å². The van der Waals surface area contributed by atoms with Gasteiger partial charge in [-0.3, -0.25) is 19.7 Å². The van der Waals surface area contributed by atoms with Crippen LogP contribution in [0, 0.1) is 10.1 Å². The molecule has 0 unspecified atom stereocenters. The second-order valence-electron chi connectivity index (χ2n) is 6.90. The average molecular weight is 442 g/mol. The molecule has 1 saturated heterocycles. The van der Waals surface area contributed by atoms with Crippen molar-refractivity contribution >= 4 is 46.9 Å². The topological polar surface area (TPSA) is 117 Å². The van der Waals surface area contributed by atoms with E-state index in [9.17, 15) is 19.7 Å². The fraction of sp³-hybridized carbons (Fsp3) is 0.286. The summed E-state index contributed by atoms with van der Waals surface area (Å²) in [7, 11) is 0. The van der Waals surface area contributed by atoms with Crippen molar-refractivity contribution in [3.05, 3.63) is 64.2 Å². The molecular weight excluding hydrogens is 418 g/mol. The minimum absolute atomic E-state index is 0.0251. The lowest BCUT2D eigenvalue weighted by atomic mass is 10.1. The molecule has 0 aliphatic carbocycles. The van der Waals surface area contributed by atoms with E-state index in [0.29, 0.717) is 16.9 Å². The normalized spacial score (nSPS) is 13.4. The number of amides is 2. The lowest BCUT2D eigenvalue weighted by Crippen LogP contribution is -2.22. The highest BCUT2D eigenvalue weighted by molar-refractivity contribution is 8.00. The van der Waals surface area contributed by atoms with Gasteiger partial charge in [0, 0.05) is 30.4 Å². The number of benzene rings is 2. The zero-order valence-corrected chi connectivity index (χ0v) is 17.6. The zero-order valence-electron chi connectivity index (χ0n) is 16.8. The number of para-hydroxylation sites is 1. The van der Waals surface area contributed by atoms with Gasteiger partial charge >= 0.3 is 0 Å². The molecule has 0 atom stereocenters. The third kappa shape index (κ3) is 6.82. The van der Waals surface area contributed by atoms with E-state index >= 15 is 0 Å². The highest BCUT2D eigenvalue weighted by Gasteiger charge is 2.22. The molecule has 162 valence electrons. The first kappa shape index (κ1) is 22.3. The summed E-state index contributed by atoms with van der Waals surface area (Å²) >= 11 is 1.16. The second kappa shape index (κ2) is 11.1. The van der Waals surface area contributed by atoms with Crippen LogP contribution < -0.4 is 15.6 Å². The molecule has 10 heteroatoms. The summed E-state index contributed by atoms with van der Waals surface area (Å²) in [6.45, 7) is 1.62. The van der Waals surface area contributed by atoms with Gasteiger partial charge in [-0.2, -0.15) is 5.10 Å². The first-order valence-corrected chi connectivity index (χ1v) is 11.0. The van der Waals surface area contributed by atoms with Gasteiger partial charge in [-0.15, -0.1) is 11.8 Å². The van der Waals surface area contributed by atoms with Gasteiger partial charge in [0.25, 0.3) is 5.69 Å². The standard InChI is InChI=1S/C21H23N5O4S/c27-20(23-17-6-2-1-3-7-17)14-31-15-21(28)24-22-13-16-8-9-18(19(12-16)26(29)30)25-10-4-5-11-25/h1-3,6-9,12-13H,4-5,10-11,14-15H2,(H,23,27)(H,24,28). The average Bonchev–Trinajstić information content (AvgIpc) is 3.29. The van der Waals surface area contributed by atoms with Gasteiger partial charge in [0.05, 0.1) is 22.6 Å². The van der Waals surface area contributed by atoms with Gasteiger partial charge in [0.15, 0.2) is 0 Å². The number of nitrogens with one attached hydrogen (secondary N) is 2. The van der Waals surface area contributed by atoms with Crippen molar-refractivity contribution < 1.29 is 14.5 Å². The summed E-state index contributed by atoms with van der Waals surface area (Å²) in [4.78, 5) is 36.8. The molecule has 0 saturated carbocycles. The fourth-order valence-corrected chi connectivity index (χ4v) is 3.77. The molecule has 0 radical (unpaired) electrons. The SMILES string of the molecule is O=C(CSCC(=O)Nc1ccccc1)NN=Cc1ccc(N2CCCC2)c([N+](=O)[O-])c1. The van der Waals surface area contributed by atoms with E-state index in [1.165, 1.54) is 12.3 Å². The number of nitro benzene ring substituents is 1. The number of hydrogen-bond donors (Lipinski definition) is 2. The van der Waals surface area contributed by atoms with Crippen molar-refractivity contribution in [2.45, 2.75) is 12.8 Å². The van der Waals surface area contributed by atoms with Crippen LogP contribution in [0.4, 0.5) is 17.1 Å². The molecule has 3 rings (SSSR count). The number of hydrogen-bond acceptors (Lipinski definition) is 7. The largest absolute Gasteiger partial charge is 0.366 e. The summed E-state index contributed by atoms with van der Waals surface area (Å²) < 4.78 is 0. The minimum Gasteiger partial charge on any atom is -0.366 e. The van der Waals surface area contributed by atoms with E-state index in [1.807, 2.05) is 23.1 Å². The van der Waals surface area contributed by atoms with E-state index in [-0.39, 0.29) is 29.0 Å². The van der Waals surface area contributed by atoms with E-state index in [0.717, 1.165) is 37.7 Å². The highest BCUT2D eigenvalue weighted by Crippen LogP contribution is 2.31. The molecule has 1 aliphatic heterocycles. The molecule has 1 fully saturated rings. The Balaban J connectivity index is 1.45. The molecule has 1 aliphatic rings. The van der Waals surface area contributed by atoms with Crippen molar-refractivity contribution in [2.24, 2.45) is 5.10 Å². The van der Waals surface area contributed by atoms with Gasteiger partial charge in [0.2, 0.25) is 11.8 Å². The third-order valence-corrected chi connectivity index (χ3v) is 5.50. The molecular formula is C21H23N5O4S. The maximum atomic E-state index is 11.9. The van der Waals surface area contributed by atoms with E-state index in [1.54, 1.807) is 24.3 Å². The molecule has 2 aromatic carbocycles. The number of carbonyl (C=O) groups is 2. The van der Waals surface area contributed by atoms with Crippen molar-refractivity contribution in [1.29, 1.82) is 0 Å². The Morgan fingerprint density at radius 1 is 1.10 bits per heavy atom. The van der Waals surface area contributed by atoms with Gasteiger partial charge < -0.3 is 10.2 Å². The van der Waals surface area contributed by atoms with Gasteiger partial charge in [-0.05, 0) is 31.0 Å². The molecule has 2 N–H and O–H groups in total. The molecule has 2 aromatic rings. The first-order chi connectivity index (χ1) is 15.0. The van der Waals surface area contributed by atoms with Crippen LogP contribution in [0.25, 0.3) is 0 Å². The Labute approximate surface area is 184 Å². The van der Waals surface area contributed by atoms with Crippen LogP contribution in [0.15, 0.2) is 53.6 Å². The molecule has 1 heterocycles. The lowest BCUT2D eigenvalue weighted by Gasteiger charge is -2.17. The van der Waals surface area contributed by atoms with Crippen LogP contribution in [-0.4, -0.2) is 47.5 Å². The van der Waals surface area contributed by atoms with Crippen molar-refractivity contribution in [3.8, 4) is 0 Å². The molecule has 0 bridgehead atoms. The van der Waals surface area contributed by atoms with E-state index < -0.39 is 4.92 Å². The van der Waals surface area contributed by atoms with Gasteiger partial charge in [-0.25, -0.2) is 5.43 Å². The maximum absolute atomic E-state index is 11.9. The van der Waals surface area contributed by atoms with Crippen molar-refractivity contribution in [1.82, 2.24) is 5.43 Å². The second-order valence-corrected chi connectivity index (χ2v) is 7.89. The highest BCUT2D eigenvalue weighted by atomic mass is 32.2. The maximum Gasteiger partial charge on any atom is 0.293 e. The summed E-state index contributed by atoms with van der Waals surface area (Å²) in [5.41, 5.74) is 4.22. The Hall–Kier alpha value is -3.40. The van der Waals surface area contributed by atoms with Crippen LogP contribution >= 0.6 is 11.8 Å². The van der Waals surface area contributed by atoms with E-state index in [2.05, 4.69) is 15.8 Å². The minimum atomic E-state index is -0.402. The predicted octanol–water partition coefficient (Wildman–Crippen LogP) is 3.02. The first-order valence-electron chi connectivity index (χ1n) is 9.81. The van der Waals surface area contributed by atoms with Crippen LogP contribution in [0.1, 0.15) is 18.4 Å². The zero-order chi connectivity index (χ0) is 22.1. The Morgan fingerprint density at radius 2 is 1.81 bits per heavy atom. The number of nitro groups is 1. The molecule has 0 aromatic heterocycles. The Kier molecular flexibility index (Phi) is 7.99. The van der Waals surface area contributed by atoms with Crippen molar-refractivity contribution in [3.63, 3.8) is 0 Å². The number of thioether (sulfide) groups is 1. The number of rotatable bonds is 9. The van der Waals surface area contributed by atoms with Gasteiger partial charge in [-0.1, -0.05) is 24.3 Å². The summed E-state index contributed by atoms with van der Waals surface area (Å²) in [5, 5.41) is 18.0. The fourth-order valence-electron chi connectivity index (χ4n) is 3.16. The van der Waals surface area contributed by atoms with Crippen LogP contribution in [0.3, 0.4) is 0 Å². The van der Waals surface area contributed by atoms with Crippen molar-refractivity contribution in [2.75, 3.05) is 34.8 Å². The number of hydrazone groups is 1. The summed E-state index contributed by atoms with van der Waals surface area (Å²) in [5.74, 6) is -0.362. The van der Waals surface area contributed by atoms with Crippen LogP contribution in [0.5, 0.6) is 0 Å². The predicted molar refractivity (Wildman–Crippen MR) is 123 cm³/mol. The summed E-state index contributed by atoms with van der Waals surface area (Å²) in [6.07, 6.45) is 3.42. The van der Waals surface area contributed by atoms with Crippen LogP contribution in [0.2, 0.25) is 0 Å². The molecule has 2 amide bonds. The summed E-state index contributed by atoms with van der Waals surface area (Å²) in [6, 6.07) is 14.0. The number of nitrogens with zero attached hydrogens (tertiary/aromatic N) is 3. The Morgan fingerprint density at radius 3 is 2.52 bits per heavy atom. The molecule has 9 nitrogen and oxygen atoms in total.